The van der Waals surface area contributed by atoms with E-state index in [1.54, 1.807) is 0 Å². The lowest BCUT2D eigenvalue weighted by molar-refractivity contribution is -0.122. The molecule has 0 aromatic rings. The summed E-state index contributed by atoms with van der Waals surface area (Å²) >= 11 is 0. The monoisotopic (exact) mass is 155 g/mol. The summed E-state index contributed by atoms with van der Waals surface area (Å²) in [5.74, 6) is -0.113. The average Bonchev–Trinajstić information content (AvgIpc) is 1.96. The fourth-order valence-electron chi connectivity index (χ4n) is 0.925. The second-order valence-electron chi connectivity index (χ2n) is 3.23. The first-order valence-corrected chi connectivity index (χ1v) is 3.64. The van der Waals surface area contributed by atoms with Crippen LogP contribution in [0.3, 0.4) is 0 Å². The molecule has 1 N–H and O–H groups in total. The van der Waals surface area contributed by atoms with Crippen molar-refractivity contribution in [2.24, 2.45) is 5.41 Å². The number of ether oxygens (including phenoxy) is 1. The Hall–Kier alpha value is -0.830. The van der Waals surface area contributed by atoms with Crippen LogP contribution in [-0.2, 0) is 9.53 Å². The molecule has 3 heteroatoms. The van der Waals surface area contributed by atoms with E-state index in [0.29, 0.717) is 6.54 Å². The van der Waals surface area contributed by atoms with Gasteiger partial charge in [-0.05, 0) is 6.08 Å². The van der Waals surface area contributed by atoms with Crippen LogP contribution in [0.5, 0.6) is 0 Å². The Balaban J connectivity index is 2.21. The van der Waals surface area contributed by atoms with Crippen molar-refractivity contribution in [3.05, 3.63) is 12.7 Å². The van der Waals surface area contributed by atoms with Gasteiger partial charge in [-0.2, -0.15) is 0 Å². The van der Waals surface area contributed by atoms with Crippen molar-refractivity contribution in [1.82, 2.24) is 5.32 Å². The standard InChI is InChI=1S/C8H13NO2/c1-3-7(10)9-4-8(2)5-11-6-8/h3H,1,4-6H2,2H3,(H,9,10). The van der Waals surface area contributed by atoms with Gasteiger partial charge in [-0.1, -0.05) is 13.5 Å². The third-order valence-electron chi connectivity index (χ3n) is 1.78. The van der Waals surface area contributed by atoms with E-state index in [-0.39, 0.29) is 11.3 Å². The summed E-state index contributed by atoms with van der Waals surface area (Å²) in [5, 5.41) is 2.74. The lowest BCUT2D eigenvalue weighted by Crippen LogP contribution is -2.48. The number of hydrogen-bond acceptors (Lipinski definition) is 2. The summed E-state index contributed by atoms with van der Waals surface area (Å²) < 4.78 is 5.03. The summed E-state index contributed by atoms with van der Waals surface area (Å²) in [6.45, 7) is 7.60. The first-order chi connectivity index (χ1) is 5.16. The third kappa shape index (κ3) is 2.05. The normalized spacial score (nSPS) is 20.1. The lowest BCUT2D eigenvalue weighted by Gasteiger charge is -2.37. The molecule has 0 aliphatic carbocycles. The summed E-state index contributed by atoms with van der Waals surface area (Å²) in [6, 6.07) is 0. The molecule has 0 bridgehead atoms. The maximum Gasteiger partial charge on any atom is 0.243 e. The van der Waals surface area contributed by atoms with Crippen molar-refractivity contribution < 1.29 is 9.53 Å². The van der Waals surface area contributed by atoms with Crippen LogP contribution in [0.1, 0.15) is 6.92 Å². The van der Waals surface area contributed by atoms with Crippen LogP contribution in [0.15, 0.2) is 12.7 Å². The summed E-state index contributed by atoms with van der Waals surface area (Å²) in [4.78, 5) is 10.7. The second-order valence-corrected chi connectivity index (χ2v) is 3.23. The number of amides is 1. The molecule has 62 valence electrons. The van der Waals surface area contributed by atoms with Gasteiger partial charge in [-0.3, -0.25) is 4.79 Å². The van der Waals surface area contributed by atoms with Crippen molar-refractivity contribution in [2.75, 3.05) is 19.8 Å². The van der Waals surface area contributed by atoms with E-state index < -0.39 is 0 Å². The van der Waals surface area contributed by atoms with Crippen LogP contribution in [0, 0.1) is 5.41 Å². The summed E-state index contributed by atoms with van der Waals surface area (Å²) in [7, 11) is 0. The molecule has 1 heterocycles. The van der Waals surface area contributed by atoms with Crippen LogP contribution >= 0.6 is 0 Å². The summed E-state index contributed by atoms with van der Waals surface area (Å²) in [5.41, 5.74) is 0.151. The van der Waals surface area contributed by atoms with E-state index in [4.69, 9.17) is 4.74 Å². The molecule has 11 heavy (non-hydrogen) atoms. The van der Waals surface area contributed by atoms with Crippen molar-refractivity contribution in [3.8, 4) is 0 Å². The number of rotatable bonds is 3. The minimum absolute atomic E-state index is 0.113. The number of carbonyl (C=O) groups excluding carboxylic acids is 1. The van der Waals surface area contributed by atoms with Gasteiger partial charge >= 0.3 is 0 Å². The first kappa shape index (κ1) is 8.27. The van der Waals surface area contributed by atoms with Crippen molar-refractivity contribution >= 4 is 5.91 Å². The number of hydrogen-bond donors (Lipinski definition) is 1. The van der Waals surface area contributed by atoms with Crippen molar-refractivity contribution in [3.63, 3.8) is 0 Å². The van der Waals surface area contributed by atoms with E-state index in [1.807, 2.05) is 0 Å². The fourth-order valence-corrected chi connectivity index (χ4v) is 0.925. The molecule has 1 aliphatic heterocycles. The SMILES string of the molecule is C=CC(=O)NCC1(C)COC1. The molecule has 0 radical (unpaired) electrons. The molecule has 0 aromatic heterocycles. The van der Waals surface area contributed by atoms with E-state index >= 15 is 0 Å². The van der Waals surface area contributed by atoms with Crippen molar-refractivity contribution in [1.29, 1.82) is 0 Å². The number of nitrogens with one attached hydrogen (secondary N) is 1. The van der Waals surface area contributed by atoms with Crippen molar-refractivity contribution in [2.45, 2.75) is 6.92 Å². The van der Waals surface area contributed by atoms with Gasteiger partial charge < -0.3 is 10.1 Å². The molecule has 0 aromatic carbocycles. The molecule has 1 fully saturated rings. The predicted octanol–water partition coefficient (Wildman–Crippen LogP) is 0.325. The molecule has 0 spiro atoms. The number of carbonyl (C=O) groups is 1. The molecule has 0 unspecified atom stereocenters. The van der Waals surface area contributed by atoms with E-state index in [9.17, 15) is 4.79 Å². The minimum Gasteiger partial charge on any atom is -0.380 e. The highest BCUT2D eigenvalue weighted by molar-refractivity contribution is 5.86. The van der Waals surface area contributed by atoms with Gasteiger partial charge in [-0.25, -0.2) is 0 Å². The van der Waals surface area contributed by atoms with Gasteiger partial charge in [0.05, 0.1) is 13.2 Å². The van der Waals surface area contributed by atoms with Crippen LogP contribution in [0.2, 0.25) is 0 Å². The van der Waals surface area contributed by atoms with Gasteiger partial charge in [0.2, 0.25) is 5.91 Å². The molecule has 3 nitrogen and oxygen atoms in total. The van der Waals surface area contributed by atoms with Crippen LogP contribution in [-0.4, -0.2) is 25.7 Å². The van der Waals surface area contributed by atoms with Gasteiger partial charge in [0.15, 0.2) is 0 Å². The zero-order valence-corrected chi connectivity index (χ0v) is 6.72. The Bertz CT molecular complexity index is 173. The minimum atomic E-state index is -0.113. The highest BCUT2D eigenvalue weighted by Crippen LogP contribution is 2.24. The highest BCUT2D eigenvalue weighted by atomic mass is 16.5. The van der Waals surface area contributed by atoms with Gasteiger partial charge in [0.25, 0.3) is 0 Å². The first-order valence-electron chi connectivity index (χ1n) is 3.64. The quantitative estimate of drug-likeness (QED) is 0.596. The van der Waals surface area contributed by atoms with Gasteiger partial charge in [0, 0.05) is 12.0 Å². The van der Waals surface area contributed by atoms with E-state index in [0.717, 1.165) is 13.2 Å². The molecule has 1 amide bonds. The Kier molecular flexibility index (Phi) is 2.29. The Morgan fingerprint density at radius 3 is 2.82 bits per heavy atom. The Morgan fingerprint density at radius 1 is 1.82 bits per heavy atom. The van der Waals surface area contributed by atoms with Crippen LogP contribution in [0.4, 0.5) is 0 Å². The Morgan fingerprint density at radius 2 is 2.45 bits per heavy atom. The average molecular weight is 155 g/mol. The third-order valence-corrected chi connectivity index (χ3v) is 1.78. The second kappa shape index (κ2) is 3.05. The molecular weight excluding hydrogens is 142 g/mol. The molecule has 0 saturated carbocycles. The molecule has 0 atom stereocenters. The van der Waals surface area contributed by atoms with Crippen LogP contribution in [0.25, 0.3) is 0 Å². The summed E-state index contributed by atoms with van der Waals surface area (Å²) in [6.07, 6.45) is 1.28. The maximum atomic E-state index is 10.7. The topological polar surface area (TPSA) is 38.3 Å². The molecule has 1 aliphatic rings. The van der Waals surface area contributed by atoms with Gasteiger partial charge in [0.1, 0.15) is 0 Å². The highest BCUT2D eigenvalue weighted by Gasteiger charge is 2.33. The molecule has 1 rings (SSSR count). The predicted molar refractivity (Wildman–Crippen MR) is 42.1 cm³/mol. The fraction of sp³-hybridized carbons (Fsp3) is 0.625. The molecule has 1 saturated heterocycles. The van der Waals surface area contributed by atoms with Gasteiger partial charge in [-0.15, -0.1) is 0 Å². The largest absolute Gasteiger partial charge is 0.380 e. The molecular formula is C8H13NO2. The zero-order valence-electron chi connectivity index (χ0n) is 6.72. The van der Waals surface area contributed by atoms with Crippen LogP contribution < -0.4 is 5.32 Å². The smallest absolute Gasteiger partial charge is 0.243 e. The maximum absolute atomic E-state index is 10.7. The zero-order chi connectivity index (χ0) is 8.32. The lowest BCUT2D eigenvalue weighted by atomic mass is 9.89. The van der Waals surface area contributed by atoms with E-state index in [2.05, 4.69) is 18.8 Å². The Labute approximate surface area is 66.4 Å². The van der Waals surface area contributed by atoms with E-state index in [1.165, 1.54) is 6.08 Å².